The van der Waals surface area contributed by atoms with Crippen molar-refractivity contribution in [3.05, 3.63) is 24.4 Å². The molecule has 1 aliphatic rings. The molecule has 0 radical (unpaired) electrons. The van der Waals surface area contributed by atoms with Gasteiger partial charge in [0.1, 0.15) is 0 Å². The first-order valence-corrected chi connectivity index (χ1v) is 5.82. The highest BCUT2D eigenvalue weighted by Crippen LogP contribution is 2.17. The molecule has 0 spiro atoms. The first-order chi connectivity index (χ1) is 7.92. The maximum absolute atomic E-state index is 4.01. The number of nitrogens with one attached hydrogen (secondary N) is 3. The number of aromatic amines is 1. The van der Waals surface area contributed by atoms with Crippen LogP contribution in [0, 0.1) is 0 Å². The highest BCUT2D eigenvalue weighted by Gasteiger charge is 2.13. The van der Waals surface area contributed by atoms with Gasteiger partial charge in [-0.1, -0.05) is 0 Å². The van der Waals surface area contributed by atoms with E-state index in [1.54, 1.807) is 0 Å². The minimum absolute atomic E-state index is 0.623. The molecule has 16 heavy (non-hydrogen) atoms. The molecule has 0 saturated carbocycles. The van der Waals surface area contributed by atoms with Crippen LogP contribution in [0.3, 0.4) is 0 Å². The Morgan fingerprint density at radius 1 is 1.44 bits per heavy atom. The summed E-state index contributed by atoms with van der Waals surface area (Å²) in [7, 11) is 0. The van der Waals surface area contributed by atoms with E-state index in [1.165, 1.54) is 12.8 Å². The molecule has 4 heteroatoms. The molecule has 4 nitrogen and oxygen atoms in total. The van der Waals surface area contributed by atoms with Crippen LogP contribution >= 0.6 is 0 Å². The summed E-state index contributed by atoms with van der Waals surface area (Å²) in [6, 6.07) is 6.92. The summed E-state index contributed by atoms with van der Waals surface area (Å²) < 4.78 is 0. The molecule has 1 fully saturated rings. The molecule has 0 amide bonds. The molecule has 1 aliphatic heterocycles. The number of benzene rings is 1. The predicted molar refractivity (Wildman–Crippen MR) is 65.6 cm³/mol. The second-order valence-corrected chi connectivity index (χ2v) is 4.35. The van der Waals surface area contributed by atoms with Gasteiger partial charge in [-0.15, -0.1) is 0 Å². The molecule has 1 aromatic carbocycles. The van der Waals surface area contributed by atoms with Crippen LogP contribution in [0.4, 0.5) is 5.69 Å². The SMILES string of the molecule is c1cc2cn[nH]c2cc1NCC1CCCN1. The summed E-state index contributed by atoms with van der Waals surface area (Å²) in [5.74, 6) is 0. The van der Waals surface area contributed by atoms with E-state index in [4.69, 9.17) is 0 Å². The number of hydrogen-bond acceptors (Lipinski definition) is 3. The lowest BCUT2D eigenvalue weighted by molar-refractivity contribution is 0.633. The second-order valence-electron chi connectivity index (χ2n) is 4.35. The Labute approximate surface area is 94.4 Å². The van der Waals surface area contributed by atoms with Gasteiger partial charge in [-0.3, -0.25) is 5.10 Å². The first-order valence-electron chi connectivity index (χ1n) is 5.82. The average Bonchev–Trinajstić information content (AvgIpc) is 2.97. The van der Waals surface area contributed by atoms with Gasteiger partial charge in [-0.2, -0.15) is 5.10 Å². The topological polar surface area (TPSA) is 52.7 Å². The molecule has 3 rings (SSSR count). The molecule has 3 N–H and O–H groups in total. The third kappa shape index (κ3) is 1.88. The van der Waals surface area contributed by atoms with Gasteiger partial charge in [0.05, 0.1) is 11.7 Å². The fraction of sp³-hybridized carbons (Fsp3) is 0.417. The molecule has 0 aliphatic carbocycles. The molecule has 2 aromatic rings. The highest BCUT2D eigenvalue weighted by atomic mass is 15.1. The zero-order valence-corrected chi connectivity index (χ0v) is 9.16. The number of fused-ring (bicyclic) bond motifs is 1. The number of anilines is 1. The average molecular weight is 216 g/mol. The van der Waals surface area contributed by atoms with Crippen LogP contribution in [0.25, 0.3) is 10.9 Å². The molecule has 1 aromatic heterocycles. The lowest BCUT2D eigenvalue weighted by Gasteiger charge is -2.12. The molecule has 1 atom stereocenters. The summed E-state index contributed by atoms with van der Waals surface area (Å²) in [4.78, 5) is 0. The van der Waals surface area contributed by atoms with E-state index in [-0.39, 0.29) is 0 Å². The van der Waals surface area contributed by atoms with Crippen LogP contribution < -0.4 is 10.6 Å². The number of rotatable bonds is 3. The molecule has 2 heterocycles. The van der Waals surface area contributed by atoms with Crippen LogP contribution in [0.15, 0.2) is 24.4 Å². The third-order valence-electron chi connectivity index (χ3n) is 3.16. The van der Waals surface area contributed by atoms with Gasteiger partial charge in [-0.05, 0) is 37.6 Å². The van der Waals surface area contributed by atoms with E-state index in [0.717, 1.165) is 29.7 Å². The van der Waals surface area contributed by atoms with Gasteiger partial charge in [-0.25, -0.2) is 0 Å². The van der Waals surface area contributed by atoms with Crippen LogP contribution in [-0.4, -0.2) is 29.3 Å². The summed E-state index contributed by atoms with van der Waals surface area (Å²) in [6.45, 7) is 2.16. The van der Waals surface area contributed by atoms with Gasteiger partial charge in [0.25, 0.3) is 0 Å². The summed E-state index contributed by atoms with van der Waals surface area (Å²) in [6.07, 6.45) is 4.42. The Hall–Kier alpha value is -1.55. The smallest absolute Gasteiger partial charge is 0.0670 e. The summed E-state index contributed by atoms with van der Waals surface area (Å²) in [5, 5.41) is 15.1. The van der Waals surface area contributed by atoms with E-state index in [9.17, 15) is 0 Å². The third-order valence-corrected chi connectivity index (χ3v) is 3.16. The zero-order chi connectivity index (χ0) is 10.8. The zero-order valence-electron chi connectivity index (χ0n) is 9.16. The molecular formula is C12H16N4. The Bertz CT molecular complexity index is 471. The summed E-state index contributed by atoms with van der Waals surface area (Å²) >= 11 is 0. The lowest BCUT2D eigenvalue weighted by Crippen LogP contribution is -2.29. The summed E-state index contributed by atoms with van der Waals surface area (Å²) in [5.41, 5.74) is 2.25. The molecule has 84 valence electrons. The van der Waals surface area contributed by atoms with Crippen molar-refractivity contribution in [2.75, 3.05) is 18.4 Å². The quantitative estimate of drug-likeness (QED) is 0.732. The normalized spacial score (nSPS) is 20.4. The number of nitrogens with zero attached hydrogens (tertiary/aromatic N) is 1. The Kier molecular flexibility index (Phi) is 2.50. The van der Waals surface area contributed by atoms with E-state index < -0.39 is 0 Å². The van der Waals surface area contributed by atoms with Crippen LogP contribution in [0.1, 0.15) is 12.8 Å². The van der Waals surface area contributed by atoms with Crippen molar-refractivity contribution in [2.45, 2.75) is 18.9 Å². The van der Waals surface area contributed by atoms with Crippen molar-refractivity contribution in [3.63, 3.8) is 0 Å². The molecule has 1 saturated heterocycles. The monoisotopic (exact) mass is 216 g/mol. The van der Waals surface area contributed by atoms with E-state index in [1.807, 2.05) is 6.20 Å². The second kappa shape index (κ2) is 4.14. The van der Waals surface area contributed by atoms with Crippen molar-refractivity contribution in [1.29, 1.82) is 0 Å². The Balaban J connectivity index is 1.68. The van der Waals surface area contributed by atoms with Crippen LogP contribution in [0.2, 0.25) is 0 Å². The maximum atomic E-state index is 4.01. The minimum atomic E-state index is 0.623. The van der Waals surface area contributed by atoms with Crippen molar-refractivity contribution in [3.8, 4) is 0 Å². The van der Waals surface area contributed by atoms with Crippen LogP contribution in [-0.2, 0) is 0 Å². The number of aromatic nitrogens is 2. The van der Waals surface area contributed by atoms with Gasteiger partial charge in [0.2, 0.25) is 0 Å². The number of H-pyrrole nitrogens is 1. The first kappa shape index (κ1) is 9.66. The lowest BCUT2D eigenvalue weighted by atomic mass is 10.2. The van der Waals surface area contributed by atoms with Crippen molar-refractivity contribution in [1.82, 2.24) is 15.5 Å². The largest absolute Gasteiger partial charge is 0.383 e. The van der Waals surface area contributed by atoms with Crippen LogP contribution in [0.5, 0.6) is 0 Å². The molecular weight excluding hydrogens is 200 g/mol. The number of hydrogen-bond donors (Lipinski definition) is 3. The fourth-order valence-electron chi connectivity index (χ4n) is 2.22. The minimum Gasteiger partial charge on any atom is -0.383 e. The fourth-order valence-corrected chi connectivity index (χ4v) is 2.22. The molecule has 1 unspecified atom stereocenters. The standard InChI is InChI=1S/C12H16N4/c1-2-11(13-5-1)8-14-10-4-3-9-7-15-16-12(9)6-10/h3-4,6-7,11,13-14H,1-2,5,8H2,(H,15,16). The molecule has 0 bridgehead atoms. The van der Waals surface area contributed by atoms with E-state index in [2.05, 4.69) is 39.0 Å². The Morgan fingerprint density at radius 2 is 2.44 bits per heavy atom. The van der Waals surface area contributed by atoms with Crippen molar-refractivity contribution in [2.24, 2.45) is 0 Å². The Morgan fingerprint density at radius 3 is 3.31 bits per heavy atom. The van der Waals surface area contributed by atoms with Gasteiger partial charge in [0, 0.05) is 23.7 Å². The van der Waals surface area contributed by atoms with Crippen molar-refractivity contribution >= 4 is 16.6 Å². The maximum Gasteiger partial charge on any atom is 0.0670 e. The van der Waals surface area contributed by atoms with Gasteiger partial charge < -0.3 is 10.6 Å². The van der Waals surface area contributed by atoms with Crippen molar-refractivity contribution < 1.29 is 0 Å². The van der Waals surface area contributed by atoms with Gasteiger partial charge in [0.15, 0.2) is 0 Å². The van der Waals surface area contributed by atoms with Gasteiger partial charge >= 0.3 is 0 Å². The van der Waals surface area contributed by atoms with E-state index in [0.29, 0.717) is 6.04 Å². The predicted octanol–water partition coefficient (Wildman–Crippen LogP) is 1.73. The highest BCUT2D eigenvalue weighted by molar-refractivity contribution is 5.81. The van der Waals surface area contributed by atoms with E-state index >= 15 is 0 Å².